The highest BCUT2D eigenvalue weighted by atomic mass is 32.2. The number of hydrogen-bond donors (Lipinski definition) is 0. The van der Waals surface area contributed by atoms with Crippen molar-refractivity contribution in [2.45, 2.75) is 25.3 Å². The van der Waals surface area contributed by atoms with E-state index in [4.69, 9.17) is 0 Å². The molecule has 0 saturated carbocycles. The van der Waals surface area contributed by atoms with Crippen molar-refractivity contribution >= 4 is 66.5 Å². The third-order valence-electron chi connectivity index (χ3n) is 4.84. The van der Waals surface area contributed by atoms with Gasteiger partial charge in [0.15, 0.2) is 0 Å². The van der Waals surface area contributed by atoms with Crippen molar-refractivity contribution < 1.29 is 4.57 Å². The van der Waals surface area contributed by atoms with E-state index in [9.17, 15) is 0 Å². The molecule has 0 amide bonds. The van der Waals surface area contributed by atoms with Crippen LogP contribution in [0.15, 0.2) is 57.8 Å². The van der Waals surface area contributed by atoms with Crippen LogP contribution in [0.25, 0.3) is 26.4 Å². The van der Waals surface area contributed by atoms with E-state index in [0.29, 0.717) is 0 Å². The number of thiophene rings is 1. The summed E-state index contributed by atoms with van der Waals surface area (Å²) in [6.45, 7) is 6.44. The van der Waals surface area contributed by atoms with Gasteiger partial charge in [-0.1, -0.05) is 35.2 Å². The van der Waals surface area contributed by atoms with Gasteiger partial charge in [-0.15, -0.1) is 11.3 Å². The fourth-order valence-corrected chi connectivity index (χ4v) is 6.87. The summed E-state index contributed by atoms with van der Waals surface area (Å²) in [7, 11) is 0. The van der Waals surface area contributed by atoms with Gasteiger partial charge in [0.25, 0.3) is 5.01 Å². The zero-order valence-corrected chi connectivity index (χ0v) is 17.2. The van der Waals surface area contributed by atoms with Crippen molar-refractivity contribution in [3.8, 4) is 0 Å². The van der Waals surface area contributed by atoms with Gasteiger partial charge in [-0.3, -0.25) is 0 Å². The highest BCUT2D eigenvalue weighted by molar-refractivity contribution is 8.03. The first-order valence-electron chi connectivity index (χ1n) is 8.88. The molecule has 0 fully saturated rings. The van der Waals surface area contributed by atoms with Crippen LogP contribution in [-0.2, 0) is 6.54 Å². The normalized spacial score (nSPS) is 15.5. The van der Waals surface area contributed by atoms with E-state index in [2.05, 4.69) is 77.2 Å². The maximum Gasteiger partial charge on any atom is 0.265 e. The Morgan fingerprint density at radius 3 is 2.73 bits per heavy atom. The van der Waals surface area contributed by atoms with Crippen LogP contribution >= 0.6 is 34.4 Å². The maximum atomic E-state index is 2.47. The van der Waals surface area contributed by atoms with Gasteiger partial charge in [-0.2, -0.15) is 4.57 Å². The van der Waals surface area contributed by atoms with E-state index >= 15 is 0 Å². The zero-order valence-electron chi connectivity index (χ0n) is 14.7. The Hall–Kier alpha value is -1.82. The molecule has 5 heteroatoms. The number of para-hydroxylation sites is 1. The van der Waals surface area contributed by atoms with Crippen molar-refractivity contribution in [2.75, 3.05) is 11.4 Å². The highest BCUT2D eigenvalue weighted by Crippen LogP contribution is 2.46. The molecule has 0 aliphatic carbocycles. The van der Waals surface area contributed by atoms with E-state index in [0.717, 1.165) is 13.1 Å². The molecule has 1 aliphatic heterocycles. The summed E-state index contributed by atoms with van der Waals surface area (Å²) in [6.07, 6.45) is 2.38. The topological polar surface area (TPSA) is 7.12 Å². The van der Waals surface area contributed by atoms with Crippen molar-refractivity contribution in [1.29, 1.82) is 0 Å². The second kappa shape index (κ2) is 6.41. The SMILES string of the molecule is CCN1/C(=C\c2sc3ccc4sccc4c3[n+]2CC)Sc2ccccc21. The van der Waals surface area contributed by atoms with Crippen LogP contribution in [0.1, 0.15) is 18.9 Å². The van der Waals surface area contributed by atoms with Crippen LogP contribution < -0.4 is 9.47 Å². The predicted octanol–water partition coefficient (Wildman–Crippen LogP) is 6.35. The molecule has 3 heterocycles. The minimum atomic E-state index is 0.984. The van der Waals surface area contributed by atoms with Crippen molar-refractivity contribution in [1.82, 2.24) is 0 Å². The second-order valence-electron chi connectivity index (χ2n) is 6.23. The number of aryl methyl sites for hydroxylation is 1. The first kappa shape index (κ1) is 16.4. The van der Waals surface area contributed by atoms with Crippen LogP contribution in [-0.4, -0.2) is 6.54 Å². The average Bonchev–Trinajstić information content (AvgIpc) is 3.35. The number of aromatic nitrogens is 1. The smallest absolute Gasteiger partial charge is 0.265 e. The Morgan fingerprint density at radius 2 is 1.88 bits per heavy atom. The fourth-order valence-electron chi connectivity index (χ4n) is 3.66. The molecule has 0 radical (unpaired) electrons. The standard InChI is InChI=1S/C21H19N2S3/c1-3-22-15-7-5-6-8-17(15)25-19(22)13-20-23(4-2)21-14-11-12-24-16(14)9-10-18(21)26-20/h5-13H,3-4H2,1-2H3/q+1. The van der Waals surface area contributed by atoms with Gasteiger partial charge in [0, 0.05) is 16.1 Å². The van der Waals surface area contributed by atoms with Gasteiger partial charge in [0.2, 0.25) is 5.52 Å². The summed E-state index contributed by atoms with van der Waals surface area (Å²) in [5, 5.41) is 6.23. The van der Waals surface area contributed by atoms with Crippen LogP contribution in [0.5, 0.6) is 0 Å². The lowest BCUT2D eigenvalue weighted by atomic mass is 10.2. The molecule has 2 aromatic heterocycles. The number of thiazole rings is 1. The molecule has 0 N–H and O–H groups in total. The zero-order chi connectivity index (χ0) is 17.7. The van der Waals surface area contributed by atoms with Gasteiger partial charge >= 0.3 is 0 Å². The van der Waals surface area contributed by atoms with E-state index in [1.54, 1.807) is 0 Å². The van der Waals surface area contributed by atoms with E-state index < -0.39 is 0 Å². The minimum Gasteiger partial charge on any atom is -0.335 e. The van der Waals surface area contributed by atoms with Crippen molar-refractivity contribution in [2.24, 2.45) is 0 Å². The van der Waals surface area contributed by atoms with Crippen LogP contribution in [0.4, 0.5) is 5.69 Å². The number of nitrogens with zero attached hydrogens (tertiary/aromatic N) is 2. The summed E-state index contributed by atoms with van der Waals surface area (Å²) in [4.78, 5) is 3.77. The Balaban J connectivity index is 1.69. The summed E-state index contributed by atoms with van der Waals surface area (Å²) in [6, 6.07) is 15.5. The monoisotopic (exact) mass is 395 g/mol. The highest BCUT2D eigenvalue weighted by Gasteiger charge is 2.27. The Morgan fingerprint density at radius 1 is 1.04 bits per heavy atom. The lowest BCUT2D eigenvalue weighted by Gasteiger charge is -2.17. The molecule has 0 bridgehead atoms. The molecule has 2 aromatic carbocycles. The molecule has 130 valence electrons. The third-order valence-corrected chi connectivity index (χ3v) is 7.93. The number of fused-ring (bicyclic) bond motifs is 4. The largest absolute Gasteiger partial charge is 0.335 e. The molecule has 5 rings (SSSR count). The molecule has 0 spiro atoms. The van der Waals surface area contributed by atoms with E-state index in [1.165, 1.54) is 40.9 Å². The van der Waals surface area contributed by atoms with Crippen LogP contribution in [0.2, 0.25) is 0 Å². The van der Waals surface area contributed by atoms with Crippen molar-refractivity contribution in [3.05, 3.63) is 57.9 Å². The number of anilines is 1. The average molecular weight is 396 g/mol. The molecular formula is C21H19N2S3+. The lowest BCUT2D eigenvalue weighted by molar-refractivity contribution is -0.664. The fraction of sp³-hybridized carbons (Fsp3) is 0.190. The van der Waals surface area contributed by atoms with Gasteiger partial charge in [0.05, 0.1) is 22.2 Å². The van der Waals surface area contributed by atoms with Crippen LogP contribution in [0.3, 0.4) is 0 Å². The van der Waals surface area contributed by atoms with Gasteiger partial charge in [0.1, 0.15) is 11.2 Å². The summed E-state index contributed by atoms with van der Waals surface area (Å²) in [5.74, 6) is 0. The predicted molar refractivity (Wildman–Crippen MR) is 116 cm³/mol. The van der Waals surface area contributed by atoms with E-state index in [1.807, 2.05) is 34.4 Å². The second-order valence-corrected chi connectivity index (χ2v) is 9.30. The van der Waals surface area contributed by atoms with Crippen LogP contribution in [0, 0.1) is 0 Å². The Labute approximate surface area is 165 Å². The molecule has 1 aliphatic rings. The summed E-state index contributed by atoms with van der Waals surface area (Å²) >= 11 is 5.60. The molecule has 4 aromatic rings. The number of hydrogen-bond acceptors (Lipinski definition) is 4. The molecule has 2 nitrogen and oxygen atoms in total. The summed E-state index contributed by atoms with van der Waals surface area (Å²) in [5.41, 5.74) is 2.71. The lowest BCUT2D eigenvalue weighted by Crippen LogP contribution is -2.33. The molecule has 0 unspecified atom stereocenters. The third kappa shape index (κ3) is 2.42. The van der Waals surface area contributed by atoms with Crippen molar-refractivity contribution in [3.63, 3.8) is 0 Å². The first-order chi connectivity index (χ1) is 12.8. The van der Waals surface area contributed by atoms with Gasteiger partial charge in [-0.25, -0.2) is 0 Å². The van der Waals surface area contributed by atoms with Gasteiger partial charge in [-0.05, 0) is 49.6 Å². The Bertz CT molecular complexity index is 1150. The number of benzene rings is 2. The first-order valence-corrected chi connectivity index (χ1v) is 11.4. The van der Waals surface area contributed by atoms with Gasteiger partial charge < -0.3 is 4.90 Å². The van der Waals surface area contributed by atoms with E-state index in [-0.39, 0.29) is 0 Å². The summed E-state index contributed by atoms with van der Waals surface area (Å²) < 4.78 is 5.21. The quantitative estimate of drug-likeness (QED) is 0.373. The maximum absolute atomic E-state index is 2.47. The molecule has 0 saturated heterocycles. The minimum absolute atomic E-state index is 0.984. The number of thioether (sulfide) groups is 1. The number of rotatable bonds is 3. The molecule has 26 heavy (non-hydrogen) atoms. The molecular weight excluding hydrogens is 376 g/mol. The Kier molecular flexibility index (Phi) is 4.03. The molecule has 0 atom stereocenters.